The molecule has 1 aromatic carbocycles. The van der Waals surface area contributed by atoms with Crippen molar-refractivity contribution in [1.82, 2.24) is 20.2 Å². The van der Waals surface area contributed by atoms with Crippen LogP contribution < -0.4 is 10.2 Å². The number of nitriles is 1. The predicted molar refractivity (Wildman–Crippen MR) is 101 cm³/mol. The van der Waals surface area contributed by atoms with Crippen LogP contribution in [0.3, 0.4) is 0 Å². The molecule has 26 heavy (non-hydrogen) atoms. The Kier molecular flexibility index (Phi) is 5.33. The van der Waals surface area contributed by atoms with Crippen LogP contribution in [0.25, 0.3) is 10.9 Å². The van der Waals surface area contributed by atoms with E-state index < -0.39 is 0 Å². The fourth-order valence-corrected chi connectivity index (χ4v) is 3.64. The first-order valence-corrected chi connectivity index (χ1v) is 8.79. The van der Waals surface area contributed by atoms with Crippen molar-refractivity contribution in [2.75, 3.05) is 38.6 Å². The zero-order valence-corrected chi connectivity index (χ0v) is 15.4. The summed E-state index contributed by atoms with van der Waals surface area (Å²) in [6.45, 7) is 4.22. The molecule has 7 nitrogen and oxygen atoms in total. The summed E-state index contributed by atoms with van der Waals surface area (Å²) in [5.74, 6) is 0.491. The molecule has 7 heteroatoms. The number of benzene rings is 1. The van der Waals surface area contributed by atoms with Gasteiger partial charge in [-0.2, -0.15) is 5.26 Å². The number of fused-ring (bicyclic) bond motifs is 1. The van der Waals surface area contributed by atoms with Crippen molar-refractivity contribution in [2.45, 2.75) is 19.4 Å². The average molecular weight is 352 g/mol. The Bertz CT molecular complexity index is 844. The summed E-state index contributed by atoms with van der Waals surface area (Å²) in [5, 5.41) is 13.3. The summed E-state index contributed by atoms with van der Waals surface area (Å²) in [5.41, 5.74) is 2.23. The third kappa shape index (κ3) is 3.92. The van der Waals surface area contributed by atoms with E-state index in [1.807, 2.05) is 31.1 Å². The van der Waals surface area contributed by atoms with Crippen molar-refractivity contribution in [1.29, 1.82) is 5.26 Å². The second-order valence-electron chi connectivity index (χ2n) is 7.28. The van der Waals surface area contributed by atoms with Crippen LogP contribution in [-0.4, -0.2) is 60.5 Å². The predicted octanol–water partition coefficient (Wildman–Crippen LogP) is 1.39. The minimum atomic E-state index is 0.0436. The van der Waals surface area contributed by atoms with Crippen molar-refractivity contribution < 1.29 is 4.79 Å². The van der Waals surface area contributed by atoms with Crippen molar-refractivity contribution in [3.63, 3.8) is 0 Å². The monoisotopic (exact) mass is 352 g/mol. The summed E-state index contributed by atoms with van der Waals surface area (Å²) in [4.78, 5) is 24.7. The van der Waals surface area contributed by atoms with Gasteiger partial charge in [0.2, 0.25) is 5.91 Å². The van der Waals surface area contributed by atoms with Gasteiger partial charge in [-0.1, -0.05) is 6.92 Å². The number of piperidine rings is 1. The molecule has 0 radical (unpaired) electrons. The lowest BCUT2D eigenvalue weighted by Gasteiger charge is -2.38. The van der Waals surface area contributed by atoms with E-state index in [-0.39, 0.29) is 11.9 Å². The Balaban J connectivity index is 1.86. The third-order valence-corrected chi connectivity index (χ3v) is 4.60. The fourth-order valence-electron chi connectivity index (χ4n) is 3.64. The topological polar surface area (TPSA) is 85.2 Å². The Labute approximate surface area is 153 Å². The van der Waals surface area contributed by atoms with Crippen LogP contribution in [0.5, 0.6) is 0 Å². The average Bonchev–Trinajstić information content (AvgIpc) is 2.59. The van der Waals surface area contributed by atoms with E-state index in [9.17, 15) is 10.1 Å². The molecule has 2 aromatic rings. The molecule has 3 rings (SSSR count). The van der Waals surface area contributed by atoms with Crippen LogP contribution in [0.15, 0.2) is 24.7 Å². The van der Waals surface area contributed by atoms with E-state index in [0.29, 0.717) is 23.5 Å². The summed E-state index contributed by atoms with van der Waals surface area (Å²) < 4.78 is 0. The van der Waals surface area contributed by atoms with Crippen molar-refractivity contribution in [2.24, 2.45) is 5.92 Å². The van der Waals surface area contributed by atoms with E-state index in [4.69, 9.17) is 0 Å². The maximum absolute atomic E-state index is 12.1. The number of aromatic nitrogens is 2. The molecule has 0 unspecified atom stereocenters. The highest BCUT2D eigenvalue weighted by molar-refractivity contribution is 5.94. The molecule has 0 bridgehead atoms. The molecule has 0 spiro atoms. The minimum Gasteiger partial charge on any atom is -0.369 e. The standard InChI is InChI=1S/C19H24N6O/c1-13-6-15(23-18(26)11-24(2)3)10-25(9-13)17-5-4-14(7-20)19-16(17)8-21-12-22-19/h4-5,8,12-13,15H,6,9-11H2,1-3H3,(H,23,26)/t13-,15+/m0/s1. The van der Waals surface area contributed by atoms with Gasteiger partial charge in [-0.3, -0.25) is 4.79 Å². The Morgan fingerprint density at radius 3 is 2.96 bits per heavy atom. The Morgan fingerprint density at radius 1 is 1.42 bits per heavy atom. The van der Waals surface area contributed by atoms with E-state index >= 15 is 0 Å². The molecule has 1 aliphatic rings. The van der Waals surface area contributed by atoms with Gasteiger partial charge >= 0.3 is 0 Å². The number of likely N-dealkylation sites (N-methyl/N-ethyl adjacent to an activating group) is 1. The SMILES string of the molecule is C[C@H]1C[C@@H](NC(=O)CN(C)C)CN(c2ccc(C#N)c3ncncc23)C1. The Morgan fingerprint density at radius 2 is 2.23 bits per heavy atom. The van der Waals surface area contributed by atoms with Crippen molar-refractivity contribution in [3.05, 3.63) is 30.2 Å². The first-order chi connectivity index (χ1) is 12.5. The van der Waals surface area contributed by atoms with Gasteiger partial charge in [-0.25, -0.2) is 9.97 Å². The lowest BCUT2D eigenvalue weighted by Crippen LogP contribution is -2.51. The number of hydrogen-bond acceptors (Lipinski definition) is 6. The number of rotatable bonds is 4. The van der Waals surface area contributed by atoms with E-state index in [1.54, 1.807) is 6.20 Å². The smallest absolute Gasteiger partial charge is 0.234 e. The van der Waals surface area contributed by atoms with Crippen molar-refractivity contribution in [3.8, 4) is 6.07 Å². The largest absolute Gasteiger partial charge is 0.369 e. The highest BCUT2D eigenvalue weighted by Crippen LogP contribution is 2.30. The second-order valence-corrected chi connectivity index (χ2v) is 7.28. The van der Waals surface area contributed by atoms with E-state index in [0.717, 1.165) is 30.6 Å². The fraction of sp³-hybridized carbons (Fsp3) is 0.474. The maximum atomic E-state index is 12.1. The zero-order chi connectivity index (χ0) is 18.7. The highest BCUT2D eigenvalue weighted by atomic mass is 16.2. The number of amides is 1. The summed E-state index contributed by atoms with van der Waals surface area (Å²) in [6, 6.07) is 6.06. The number of carbonyl (C=O) groups is 1. The third-order valence-electron chi connectivity index (χ3n) is 4.60. The number of carbonyl (C=O) groups excluding carboxylic acids is 1. The van der Waals surface area contributed by atoms with Gasteiger partial charge < -0.3 is 15.1 Å². The van der Waals surface area contributed by atoms with Gasteiger partial charge in [0.1, 0.15) is 12.4 Å². The Hall–Kier alpha value is -2.72. The number of nitrogens with one attached hydrogen (secondary N) is 1. The second kappa shape index (κ2) is 7.67. The molecule has 0 aliphatic carbocycles. The number of anilines is 1. The van der Waals surface area contributed by atoms with Crippen LogP contribution >= 0.6 is 0 Å². The van der Waals surface area contributed by atoms with Gasteiger partial charge in [-0.05, 0) is 38.6 Å². The summed E-state index contributed by atoms with van der Waals surface area (Å²) in [7, 11) is 3.77. The van der Waals surface area contributed by atoms with Crippen molar-refractivity contribution >= 4 is 22.5 Å². The van der Waals surface area contributed by atoms with Gasteiger partial charge in [0.25, 0.3) is 0 Å². The lowest BCUT2D eigenvalue weighted by molar-refractivity contribution is -0.122. The maximum Gasteiger partial charge on any atom is 0.234 e. The normalized spacial score (nSPS) is 20.2. The molecule has 2 atom stereocenters. The van der Waals surface area contributed by atoms with Crippen LogP contribution in [0.2, 0.25) is 0 Å². The van der Waals surface area contributed by atoms with Crippen LogP contribution in [-0.2, 0) is 4.79 Å². The molecular weight excluding hydrogens is 328 g/mol. The van der Waals surface area contributed by atoms with E-state index in [2.05, 4.69) is 33.2 Å². The molecule has 1 fully saturated rings. The quantitative estimate of drug-likeness (QED) is 0.895. The van der Waals surface area contributed by atoms with Gasteiger partial charge in [0.15, 0.2) is 0 Å². The molecule has 2 heterocycles. The molecule has 1 saturated heterocycles. The summed E-state index contributed by atoms with van der Waals surface area (Å²) >= 11 is 0. The van der Waals surface area contributed by atoms with Gasteiger partial charge in [-0.15, -0.1) is 0 Å². The molecule has 1 N–H and O–H groups in total. The van der Waals surface area contributed by atoms with Crippen LogP contribution in [0.1, 0.15) is 18.9 Å². The highest BCUT2D eigenvalue weighted by Gasteiger charge is 2.27. The van der Waals surface area contributed by atoms with Gasteiger partial charge in [0, 0.05) is 36.4 Å². The lowest BCUT2D eigenvalue weighted by atomic mass is 9.94. The van der Waals surface area contributed by atoms with Crippen LogP contribution in [0.4, 0.5) is 5.69 Å². The zero-order valence-electron chi connectivity index (χ0n) is 15.4. The van der Waals surface area contributed by atoms with E-state index in [1.165, 1.54) is 6.33 Å². The molecule has 1 amide bonds. The number of nitrogens with zero attached hydrogens (tertiary/aromatic N) is 5. The minimum absolute atomic E-state index is 0.0436. The van der Waals surface area contributed by atoms with Crippen LogP contribution in [0, 0.1) is 17.2 Å². The molecule has 1 aromatic heterocycles. The summed E-state index contributed by atoms with van der Waals surface area (Å²) in [6.07, 6.45) is 4.19. The number of hydrogen-bond donors (Lipinski definition) is 1. The first kappa shape index (κ1) is 18.1. The molecule has 1 aliphatic heterocycles. The molecule has 136 valence electrons. The first-order valence-electron chi connectivity index (χ1n) is 8.79. The van der Waals surface area contributed by atoms with Gasteiger partial charge in [0.05, 0.1) is 17.6 Å². The molecular formula is C19H24N6O. The molecule has 0 saturated carbocycles.